The van der Waals surface area contributed by atoms with E-state index in [-0.39, 0.29) is 40.5 Å². The van der Waals surface area contributed by atoms with Gasteiger partial charge in [-0.3, -0.25) is 0 Å². The first-order valence-corrected chi connectivity index (χ1v) is 7.87. The summed E-state index contributed by atoms with van der Waals surface area (Å²) in [6.45, 7) is 1.79. The third-order valence-corrected chi connectivity index (χ3v) is 5.42. The van der Waals surface area contributed by atoms with Crippen molar-refractivity contribution >= 4 is 34.2 Å². The molecule has 0 saturated heterocycles. The first-order chi connectivity index (χ1) is 9.08. The molecule has 0 radical (unpaired) electrons. The molecule has 0 amide bonds. The Labute approximate surface area is 132 Å². The van der Waals surface area contributed by atoms with E-state index < -0.39 is 21.6 Å². The smallest absolute Gasteiger partial charge is 0.329 e. The number of hydrogen-bond acceptors (Lipinski definition) is 4. The molecule has 0 spiro atoms. The molecule has 10 heteroatoms. The van der Waals surface area contributed by atoms with Gasteiger partial charge in [0, 0.05) is 24.5 Å². The highest BCUT2D eigenvalue weighted by Gasteiger charge is 2.30. The van der Waals surface area contributed by atoms with Gasteiger partial charge >= 0.3 is 5.51 Å². The lowest BCUT2D eigenvalue weighted by Gasteiger charge is -2.23. The maximum Gasteiger partial charge on any atom is 0.446 e. The normalized spacial score (nSPS) is 13.9. The number of halogens is 4. The van der Waals surface area contributed by atoms with Crippen LogP contribution >= 0.6 is 24.2 Å². The number of likely N-dealkylation sites (N-methyl/N-ethyl adjacent to an activating group) is 1. The van der Waals surface area contributed by atoms with E-state index in [4.69, 9.17) is 5.73 Å². The molecule has 0 saturated carbocycles. The van der Waals surface area contributed by atoms with Crippen LogP contribution in [0.1, 0.15) is 6.92 Å². The topological polar surface area (TPSA) is 63.4 Å². The molecule has 0 fully saturated rings. The summed E-state index contributed by atoms with van der Waals surface area (Å²) >= 11 is -0.289. The summed E-state index contributed by atoms with van der Waals surface area (Å²) in [7, 11) is -2.37. The van der Waals surface area contributed by atoms with Gasteiger partial charge in [0.2, 0.25) is 10.0 Å². The second kappa shape index (κ2) is 7.68. The number of thioether (sulfide) groups is 1. The zero-order valence-electron chi connectivity index (χ0n) is 11.3. The number of sulfonamides is 1. The number of hydrogen-bond donors (Lipinski definition) is 1. The van der Waals surface area contributed by atoms with Crippen molar-refractivity contribution in [3.63, 3.8) is 0 Å². The largest absolute Gasteiger partial charge is 0.446 e. The summed E-state index contributed by atoms with van der Waals surface area (Å²) in [5, 5.41) is 0. The van der Waals surface area contributed by atoms with E-state index in [0.717, 1.165) is 28.6 Å². The zero-order chi connectivity index (χ0) is 15.6. The van der Waals surface area contributed by atoms with Gasteiger partial charge in [-0.1, -0.05) is 0 Å². The lowest BCUT2D eigenvalue weighted by molar-refractivity contribution is -0.0328. The third kappa shape index (κ3) is 5.67. The molecule has 0 bridgehead atoms. The van der Waals surface area contributed by atoms with Gasteiger partial charge in [0.25, 0.3) is 0 Å². The molecule has 21 heavy (non-hydrogen) atoms. The van der Waals surface area contributed by atoms with Crippen LogP contribution in [-0.4, -0.2) is 37.9 Å². The Balaban J connectivity index is 0.00000400. The van der Waals surface area contributed by atoms with Gasteiger partial charge < -0.3 is 5.73 Å². The van der Waals surface area contributed by atoms with Crippen molar-refractivity contribution < 1.29 is 21.6 Å². The first-order valence-electron chi connectivity index (χ1n) is 5.62. The Bertz CT molecular complexity index is 550. The minimum atomic E-state index is -4.40. The van der Waals surface area contributed by atoms with Crippen LogP contribution in [0, 0.1) is 0 Å². The first kappa shape index (κ1) is 20.5. The Kier molecular flexibility index (Phi) is 7.51. The van der Waals surface area contributed by atoms with E-state index in [1.165, 1.54) is 7.05 Å². The molecule has 0 aliphatic carbocycles. The number of alkyl halides is 3. The zero-order valence-corrected chi connectivity index (χ0v) is 13.7. The second-order valence-corrected chi connectivity index (χ2v) is 7.26. The number of nitrogens with two attached hydrogens (primary N) is 1. The molecule has 1 aromatic carbocycles. The summed E-state index contributed by atoms with van der Waals surface area (Å²) in [6.07, 6.45) is 0. The van der Waals surface area contributed by atoms with Gasteiger partial charge in [-0.2, -0.15) is 17.5 Å². The Morgan fingerprint density at radius 1 is 1.29 bits per heavy atom. The van der Waals surface area contributed by atoms with E-state index >= 15 is 0 Å². The Morgan fingerprint density at radius 3 is 2.14 bits per heavy atom. The molecule has 1 unspecified atom stereocenters. The lowest BCUT2D eigenvalue weighted by atomic mass is 10.4. The number of rotatable bonds is 5. The summed E-state index contributed by atoms with van der Waals surface area (Å²) in [5.41, 5.74) is 1.01. The average molecular weight is 365 g/mol. The van der Waals surface area contributed by atoms with E-state index in [1.807, 2.05) is 0 Å². The van der Waals surface area contributed by atoms with Crippen molar-refractivity contribution in [1.29, 1.82) is 0 Å². The van der Waals surface area contributed by atoms with Crippen molar-refractivity contribution in [2.45, 2.75) is 28.3 Å². The van der Waals surface area contributed by atoms with Gasteiger partial charge in [-0.05, 0) is 43.0 Å². The van der Waals surface area contributed by atoms with E-state index in [9.17, 15) is 21.6 Å². The van der Waals surface area contributed by atoms with E-state index in [1.54, 1.807) is 6.92 Å². The highest BCUT2D eigenvalue weighted by Crippen LogP contribution is 2.37. The molecular formula is C11H16ClF3N2O2S2. The minimum Gasteiger partial charge on any atom is -0.329 e. The van der Waals surface area contributed by atoms with Crippen molar-refractivity contribution in [1.82, 2.24) is 4.31 Å². The highest BCUT2D eigenvalue weighted by atomic mass is 35.5. The molecule has 0 aromatic heterocycles. The van der Waals surface area contributed by atoms with Crippen molar-refractivity contribution in [3.8, 4) is 0 Å². The van der Waals surface area contributed by atoms with Gasteiger partial charge in [0.05, 0.1) is 4.90 Å². The maximum absolute atomic E-state index is 12.2. The van der Waals surface area contributed by atoms with Crippen LogP contribution in [0.25, 0.3) is 0 Å². The fourth-order valence-electron chi connectivity index (χ4n) is 1.36. The monoisotopic (exact) mass is 364 g/mol. The Morgan fingerprint density at radius 2 is 1.76 bits per heavy atom. The SMILES string of the molecule is CC(CN)N(C)S(=O)(=O)c1ccc(SC(F)(F)F)cc1.Cl. The molecule has 2 N–H and O–H groups in total. The molecule has 4 nitrogen and oxygen atoms in total. The van der Waals surface area contributed by atoms with Crippen molar-refractivity contribution in [2.24, 2.45) is 5.73 Å². The van der Waals surface area contributed by atoms with Crippen LogP contribution in [0.3, 0.4) is 0 Å². The van der Waals surface area contributed by atoms with Crippen LogP contribution in [0.15, 0.2) is 34.1 Å². The van der Waals surface area contributed by atoms with Gasteiger partial charge in [0.15, 0.2) is 0 Å². The van der Waals surface area contributed by atoms with Gasteiger partial charge in [-0.25, -0.2) is 8.42 Å². The van der Waals surface area contributed by atoms with Crippen molar-refractivity contribution in [3.05, 3.63) is 24.3 Å². The summed E-state index contributed by atoms with van der Waals surface area (Å²) in [6, 6.07) is 4.17. The molecule has 122 valence electrons. The molecule has 1 rings (SSSR count). The predicted molar refractivity (Wildman–Crippen MR) is 79.1 cm³/mol. The van der Waals surface area contributed by atoms with E-state index in [0.29, 0.717) is 0 Å². The maximum atomic E-state index is 12.2. The second-order valence-electron chi connectivity index (χ2n) is 4.13. The third-order valence-electron chi connectivity index (χ3n) is 2.70. The number of nitrogens with zero attached hydrogens (tertiary/aromatic N) is 1. The van der Waals surface area contributed by atoms with Crippen LogP contribution in [0.2, 0.25) is 0 Å². The number of benzene rings is 1. The van der Waals surface area contributed by atoms with Crippen LogP contribution in [0.5, 0.6) is 0 Å². The Hall–Kier alpha value is -0.480. The summed E-state index contributed by atoms with van der Waals surface area (Å²) in [4.78, 5) is -0.127. The quantitative estimate of drug-likeness (QED) is 0.816. The molecule has 1 aromatic rings. The minimum absolute atomic E-state index is 0. The van der Waals surface area contributed by atoms with Gasteiger partial charge in [0.1, 0.15) is 0 Å². The molecule has 0 aliphatic heterocycles. The molecule has 0 aliphatic rings. The fraction of sp³-hybridized carbons (Fsp3) is 0.455. The fourth-order valence-corrected chi connectivity index (χ4v) is 3.28. The van der Waals surface area contributed by atoms with Crippen molar-refractivity contribution in [2.75, 3.05) is 13.6 Å². The molecule has 0 heterocycles. The van der Waals surface area contributed by atoms with Gasteiger partial charge in [-0.15, -0.1) is 12.4 Å². The standard InChI is InChI=1S/C11H15F3N2O2S2.ClH/c1-8(7-15)16(2)20(17,18)10-5-3-9(4-6-10)19-11(12,13)14;/h3-6,8H,7,15H2,1-2H3;1H. The average Bonchev–Trinajstić information content (AvgIpc) is 2.35. The van der Waals surface area contributed by atoms with Crippen LogP contribution in [0.4, 0.5) is 13.2 Å². The lowest BCUT2D eigenvalue weighted by Crippen LogP contribution is -2.39. The van der Waals surface area contributed by atoms with Crippen LogP contribution in [-0.2, 0) is 10.0 Å². The summed E-state index contributed by atoms with van der Waals surface area (Å²) in [5.74, 6) is 0. The predicted octanol–water partition coefficient (Wildman–Crippen LogP) is 2.69. The molecule has 1 atom stereocenters. The van der Waals surface area contributed by atoms with Crippen LogP contribution < -0.4 is 5.73 Å². The summed E-state index contributed by atoms with van der Waals surface area (Å²) < 4.78 is 62.0. The molecular weight excluding hydrogens is 349 g/mol. The van der Waals surface area contributed by atoms with E-state index in [2.05, 4.69) is 0 Å². The highest BCUT2D eigenvalue weighted by molar-refractivity contribution is 8.00.